The van der Waals surface area contributed by atoms with Crippen LogP contribution in [-0.2, 0) is 14.6 Å². The topological polar surface area (TPSA) is 71.4 Å². The summed E-state index contributed by atoms with van der Waals surface area (Å²) >= 11 is 0. The third-order valence-corrected chi connectivity index (χ3v) is 4.13. The molecule has 0 radical (unpaired) electrons. The first-order valence-electron chi connectivity index (χ1n) is 4.07. The first kappa shape index (κ1) is 9.21. The highest BCUT2D eigenvalue weighted by Gasteiger charge is 2.38. The zero-order valence-electron chi connectivity index (χ0n) is 7.17. The molecular formula is C9H8O4S. The van der Waals surface area contributed by atoms with Crippen LogP contribution in [0, 0.1) is 0 Å². The van der Waals surface area contributed by atoms with Gasteiger partial charge in [-0.2, -0.15) is 0 Å². The van der Waals surface area contributed by atoms with Crippen LogP contribution in [0.2, 0.25) is 0 Å². The van der Waals surface area contributed by atoms with Crippen molar-refractivity contribution < 1.29 is 18.3 Å². The summed E-state index contributed by atoms with van der Waals surface area (Å²) in [4.78, 5) is 10.9. The van der Waals surface area contributed by atoms with Crippen LogP contribution >= 0.6 is 0 Å². The fourth-order valence-corrected chi connectivity index (χ4v) is 3.45. The number of aliphatic carboxylic acids is 1. The normalized spacial score (nSPS) is 23.0. The molecule has 0 spiro atoms. The van der Waals surface area contributed by atoms with Gasteiger partial charge in [-0.1, -0.05) is 18.2 Å². The molecule has 2 rings (SSSR count). The predicted molar refractivity (Wildman–Crippen MR) is 48.9 cm³/mol. The Morgan fingerprint density at radius 1 is 1.36 bits per heavy atom. The van der Waals surface area contributed by atoms with Gasteiger partial charge in [-0.15, -0.1) is 0 Å². The van der Waals surface area contributed by atoms with Gasteiger partial charge in [0.25, 0.3) is 0 Å². The Labute approximate surface area is 81.1 Å². The fraction of sp³-hybridized carbons (Fsp3) is 0.222. The maximum atomic E-state index is 11.5. The van der Waals surface area contributed by atoms with E-state index >= 15 is 0 Å². The van der Waals surface area contributed by atoms with Crippen molar-refractivity contribution in [2.24, 2.45) is 0 Å². The van der Waals surface area contributed by atoms with Crippen molar-refractivity contribution in [2.75, 3.05) is 5.75 Å². The average Bonchev–Trinajstić information content (AvgIpc) is 2.40. The molecule has 1 aliphatic heterocycles. The van der Waals surface area contributed by atoms with E-state index < -0.39 is 21.7 Å². The van der Waals surface area contributed by atoms with Crippen LogP contribution in [-0.4, -0.2) is 25.2 Å². The Hall–Kier alpha value is -1.36. The lowest BCUT2D eigenvalue weighted by atomic mass is 10.0. The zero-order valence-corrected chi connectivity index (χ0v) is 7.99. The van der Waals surface area contributed by atoms with E-state index in [1.165, 1.54) is 6.07 Å². The van der Waals surface area contributed by atoms with Gasteiger partial charge in [0.1, 0.15) is 0 Å². The molecule has 1 N–H and O–H groups in total. The number of benzene rings is 1. The van der Waals surface area contributed by atoms with Crippen LogP contribution in [0.4, 0.5) is 0 Å². The molecule has 4 nitrogen and oxygen atoms in total. The van der Waals surface area contributed by atoms with Gasteiger partial charge in [0, 0.05) is 0 Å². The van der Waals surface area contributed by atoms with Crippen molar-refractivity contribution in [3.05, 3.63) is 29.8 Å². The number of carboxylic acids is 1. The summed E-state index contributed by atoms with van der Waals surface area (Å²) in [5, 5.41) is 8.83. The summed E-state index contributed by atoms with van der Waals surface area (Å²) in [6, 6.07) is 6.25. The maximum Gasteiger partial charge on any atom is 0.312 e. The van der Waals surface area contributed by atoms with E-state index in [0.717, 1.165) is 0 Å². The van der Waals surface area contributed by atoms with E-state index in [0.29, 0.717) is 5.56 Å². The van der Waals surface area contributed by atoms with Crippen molar-refractivity contribution in [3.8, 4) is 0 Å². The van der Waals surface area contributed by atoms with E-state index in [9.17, 15) is 13.2 Å². The fourth-order valence-electron chi connectivity index (χ4n) is 1.65. The minimum atomic E-state index is -3.38. The van der Waals surface area contributed by atoms with Gasteiger partial charge in [-0.3, -0.25) is 4.79 Å². The minimum Gasteiger partial charge on any atom is -0.481 e. The molecule has 14 heavy (non-hydrogen) atoms. The van der Waals surface area contributed by atoms with Gasteiger partial charge in [-0.25, -0.2) is 8.42 Å². The largest absolute Gasteiger partial charge is 0.481 e. The molecule has 1 unspecified atom stereocenters. The lowest BCUT2D eigenvalue weighted by Crippen LogP contribution is -2.13. The van der Waals surface area contributed by atoms with E-state index in [2.05, 4.69) is 0 Å². The zero-order chi connectivity index (χ0) is 10.3. The van der Waals surface area contributed by atoms with Crippen LogP contribution in [0.1, 0.15) is 11.5 Å². The predicted octanol–water partition coefficient (Wildman–Crippen LogP) is 0.642. The molecule has 0 aromatic heterocycles. The Kier molecular flexibility index (Phi) is 1.85. The molecule has 1 heterocycles. The molecule has 0 saturated heterocycles. The highest BCUT2D eigenvalue weighted by Crippen LogP contribution is 2.34. The van der Waals surface area contributed by atoms with E-state index in [1.807, 2.05) is 0 Å². The molecule has 74 valence electrons. The van der Waals surface area contributed by atoms with Crippen molar-refractivity contribution in [2.45, 2.75) is 10.8 Å². The summed E-state index contributed by atoms with van der Waals surface area (Å²) in [7, 11) is -3.38. The van der Waals surface area contributed by atoms with Crippen molar-refractivity contribution >= 4 is 15.8 Å². The molecule has 0 aliphatic carbocycles. The third-order valence-electron chi connectivity index (χ3n) is 2.31. The first-order valence-corrected chi connectivity index (χ1v) is 5.72. The average molecular weight is 212 g/mol. The Bertz CT molecular complexity index is 489. The highest BCUT2D eigenvalue weighted by atomic mass is 32.2. The molecule has 1 aliphatic rings. The van der Waals surface area contributed by atoms with E-state index in [-0.39, 0.29) is 10.6 Å². The standard InChI is InChI=1S/C9H8O4S/c10-9(11)7-5-14(12,13)8-4-2-1-3-6(7)8/h1-4,7H,5H2,(H,10,11). The van der Waals surface area contributed by atoms with Crippen LogP contribution < -0.4 is 0 Å². The summed E-state index contributed by atoms with van der Waals surface area (Å²) in [5.41, 5.74) is 0.403. The van der Waals surface area contributed by atoms with Crippen molar-refractivity contribution in [1.82, 2.24) is 0 Å². The van der Waals surface area contributed by atoms with Gasteiger partial charge in [0.15, 0.2) is 9.84 Å². The molecular weight excluding hydrogens is 204 g/mol. The monoisotopic (exact) mass is 212 g/mol. The quantitative estimate of drug-likeness (QED) is 0.741. The maximum absolute atomic E-state index is 11.5. The van der Waals surface area contributed by atoms with Gasteiger partial charge in [0.2, 0.25) is 0 Å². The van der Waals surface area contributed by atoms with Gasteiger partial charge >= 0.3 is 5.97 Å². The molecule has 0 saturated carbocycles. The number of sulfone groups is 1. The van der Waals surface area contributed by atoms with Crippen LogP contribution in [0.3, 0.4) is 0 Å². The molecule has 1 aromatic carbocycles. The van der Waals surface area contributed by atoms with Gasteiger partial charge in [0.05, 0.1) is 16.6 Å². The number of fused-ring (bicyclic) bond motifs is 1. The Balaban J connectivity index is 2.66. The molecule has 0 fully saturated rings. The first-order chi connectivity index (χ1) is 6.52. The van der Waals surface area contributed by atoms with Crippen molar-refractivity contribution in [3.63, 3.8) is 0 Å². The van der Waals surface area contributed by atoms with Crippen LogP contribution in [0.25, 0.3) is 0 Å². The number of hydrogen-bond acceptors (Lipinski definition) is 3. The second-order valence-electron chi connectivity index (χ2n) is 3.21. The number of carbonyl (C=O) groups is 1. The number of rotatable bonds is 1. The van der Waals surface area contributed by atoms with E-state index in [4.69, 9.17) is 5.11 Å². The molecule has 0 bridgehead atoms. The molecule has 1 atom stereocenters. The van der Waals surface area contributed by atoms with Gasteiger partial charge in [-0.05, 0) is 11.6 Å². The van der Waals surface area contributed by atoms with E-state index in [1.54, 1.807) is 18.2 Å². The summed E-state index contributed by atoms with van der Waals surface area (Å²) < 4.78 is 23.0. The lowest BCUT2D eigenvalue weighted by molar-refractivity contribution is -0.138. The number of carboxylic acid groups (broad SMARTS) is 1. The Morgan fingerprint density at radius 3 is 2.64 bits per heavy atom. The second-order valence-corrected chi connectivity index (χ2v) is 5.21. The molecule has 5 heteroatoms. The number of hydrogen-bond donors (Lipinski definition) is 1. The second kappa shape index (κ2) is 2.81. The third kappa shape index (κ3) is 1.21. The summed E-state index contributed by atoms with van der Waals surface area (Å²) in [6.07, 6.45) is 0. The smallest absolute Gasteiger partial charge is 0.312 e. The minimum absolute atomic E-state index is 0.160. The lowest BCUT2D eigenvalue weighted by Gasteiger charge is -2.01. The van der Waals surface area contributed by atoms with Crippen molar-refractivity contribution in [1.29, 1.82) is 0 Å². The van der Waals surface area contributed by atoms with Crippen LogP contribution in [0.5, 0.6) is 0 Å². The van der Waals surface area contributed by atoms with Gasteiger partial charge < -0.3 is 5.11 Å². The Morgan fingerprint density at radius 2 is 2.00 bits per heavy atom. The van der Waals surface area contributed by atoms with Crippen LogP contribution in [0.15, 0.2) is 29.2 Å². The summed E-state index contributed by atoms with van der Waals surface area (Å²) in [6.45, 7) is 0. The SMILES string of the molecule is O=C(O)C1CS(=O)(=O)c2ccccc21. The highest BCUT2D eigenvalue weighted by molar-refractivity contribution is 7.91. The summed E-state index contributed by atoms with van der Waals surface area (Å²) in [5.74, 6) is -2.31. The molecule has 0 amide bonds. The molecule has 1 aromatic rings.